The van der Waals surface area contributed by atoms with Crippen LogP contribution in [0.2, 0.25) is 0 Å². The van der Waals surface area contributed by atoms with Crippen LogP contribution in [0.3, 0.4) is 0 Å². The quantitative estimate of drug-likeness (QED) is 0.850. The molecule has 2 rings (SSSR count). The van der Waals surface area contributed by atoms with Crippen molar-refractivity contribution >= 4 is 0 Å². The summed E-state index contributed by atoms with van der Waals surface area (Å²) >= 11 is 0. The van der Waals surface area contributed by atoms with E-state index in [9.17, 15) is 0 Å². The van der Waals surface area contributed by atoms with Crippen molar-refractivity contribution in [2.75, 3.05) is 6.54 Å². The smallest absolute Gasteiger partial charge is 0.154 e. The molecule has 1 unspecified atom stereocenters. The van der Waals surface area contributed by atoms with Gasteiger partial charge >= 0.3 is 0 Å². The van der Waals surface area contributed by atoms with E-state index in [0.29, 0.717) is 12.0 Å². The van der Waals surface area contributed by atoms with Gasteiger partial charge in [-0.2, -0.15) is 5.10 Å². The number of likely N-dealkylation sites (N-methyl/N-ethyl adjacent to an activating group) is 1. The van der Waals surface area contributed by atoms with Gasteiger partial charge in [-0.1, -0.05) is 19.8 Å². The minimum atomic E-state index is 0.472. The fourth-order valence-corrected chi connectivity index (χ4v) is 2.67. The SMILES string of the molecule is CCNC(C)Cc1nc(C2CCCC2)nn1C. The standard InChI is InChI=1S/C13H24N4/c1-4-14-10(2)9-12-15-13(16-17(12)3)11-7-5-6-8-11/h10-11,14H,4-9H2,1-3H3. The molecule has 1 aromatic rings. The number of hydrogen-bond donors (Lipinski definition) is 1. The van der Waals surface area contributed by atoms with E-state index in [1.807, 2.05) is 11.7 Å². The Morgan fingerprint density at radius 3 is 2.76 bits per heavy atom. The molecule has 0 bridgehead atoms. The van der Waals surface area contributed by atoms with Crippen LogP contribution < -0.4 is 5.32 Å². The van der Waals surface area contributed by atoms with Crippen LogP contribution in [0.4, 0.5) is 0 Å². The fourth-order valence-electron chi connectivity index (χ4n) is 2.67. The summed E-state index contributed by atoms with van der Waals surface area (Å²) in [6, 6.07) is 0.472. The molecule has 1 saturated carbocycles. The summed E-state index contributed by atoms with van der Waals surface area (Å²) in [4.78, 5) is 4.73. The van der Waals surface area contributed by atoms with E-state index in [1.54, 1.807) is 0 Å². The third-order valence-electron chi connectivity index (χ3n) is 3.63. The highest BCUT2D eigenvalue weighted by molar-refractivity contribution is 5.02. The van der Waals surface area contributed by atoms with Crippen molar-refractivity contribution in [1.82, 2.24) is 20.1 Å². The van der Waals surface area contributed by atoms with Crippen LogP contribution >= 0.6 is 0 Å². The number of aromatic nitrogens is 3. The van der Waals surface area contributed by atoms with Gasteiger partial charge in [0.15, 0.2) is 5.82 Å². The summed E-state index contributed by atoms with van der Waals surface area (Å²) in [6.07, 6.45) is 6.18. The van der Waals surface area contributed by atoms with Crippen LogP contribution in [0.15, 0.2) is 0 Å². The Kier molecular flexibility index (Phi) is 4.15. The summed E-state index contributed by atoms with van der Waals surface area (Å²) in [5.74, 6) is 2.80. The Labute approximate surface area is 104 Å². The number of aryl methyl sites for hydroxylation is 1. The third kappa shape index (κ3) is 3.06. The second kappa shape index (κ2) is 5.63. The molecule has 1 aliphatic carbocycles. The molecule has 1 fully saturated rings. The molecule has 0 aromatic carbocycles. The average molecular weight is 236 g/mol. The molecule has 1 aliphatic rings. The first kappa shape index (κ1) is 12.6. The highest BCUT2D eigenvalue weighted by atomic mass is 15.3. The van der Waals surface area contributed by atoms with Gasteiger partial charge in [-0.15, -0.1) is 0 Å². The first-order valence-corrected chi connectivity index (χ1v) is 6.84. The van der Waals surface area contributed by atoms with E-state index in [-0.39, 0.29) is 0 Å². The molecule has 0 saturated heterocycles. The molecular weight excluding hydrogens is 212 g/mol. The van der Waals surface area contributed by atoms with Crippen LogP contribution in [0.5, 0.6) is 0 Å². The minimum absolute atomic E-state index is 0.472. The summed E-state index contributed by atoms with van der Waals surface area (Å²) < 4.78 is 1.96. The third-order valence-corrected chi connectivity index (χ3v) is 3.63. The average Bonchev–Trinajstić information content (AvgIpc) is 2.89. The molecule has 1 atom stereocenters. The zero-order valence-corrected chi connectivity index (χ0v) is 11.2. The van der Waals surface area contributed by atoms with Crippen molar-refractivity contribution in [2.45, 2.75) is 57.9 Å². The normalized spacial score (nSPS) is 18.8. The van der Waals surface area contributed by atoms with Gasteiger partial charge in [-0.25, -0.2) is 4.98 Å². The first-order valence-electron chi connectivity index (χ1n) is 6.84. The maximum Gasteiger partial charge on any atom is 0.154 e. The Bertz CT molecular complexity index is 352. The Morgan fingerprint density at radius 1 is 1.41 bits per heavy atom. The number of rotatable bonds is 5. The summed E-state index contributed by atoms with van der Waals surface area (Å²) in [5.41, 5.74) is 0. The maximum atomic E-state index is 4.73. The van der Waals surface area contributed by atoms with E-state index in [0.717, 1.165) is 24.6 Å². The minimum Gasteiger partial charge on any atom is -0.314 e. The van der Waals surface area contributed by atoms with Crippen LogP contribution in [0.25, 0.3) is 0 Å². The van der Waals surface area contributed by atoms with E-state index in [1.165, 1.54) is 25.7 Å². The Morgan fingerprint density at radius 2 is 2.12 bits per heavy atom. The van der Waals surface area contributed by atoms with Crippen LogP contribution in [0.1, 0.15) is 57.1 Å². The van der Waals surface area contributed by atoms with Crippen molar-refractivity contribution in [2.24, 2.45) is 7.05 Å². The lowest BCUT2D eigenvalue weighted by molar-refractivity contribution is 0.536. The topological polar surface area (TPSA) is 42.7 Å². The van der Waals surface area contributed by atoms with Gasteiger partial charge in [0.25, 0.3) is 0 Å². The van der Waals surface area contributed by atoms with Gasteiger partial charge in [0.1, 0.15) is 5.82 Å². The zero-order valence-electron chi connectivity index (χ0n) is 11.2. The lowest BCUT2D eigenvalue weighted by Gasteiger charge is -2.10. The Hall–Kier alpha value is -0.900. The van der Waals surface area contributed by atoms with Crippen LogP contribution in [0, 0.1) is 0 Å². The van der Waals surface area contributed by atoms with Gasteiger partial charge in [-0.05, 0) is 26.3 Å². The molecule has 1 aromatic heterocycles. The van der Waals surface area contributed by atoms with Gasteiger partial charge < -0.3 is 5.32 Å². The van der Waals surface area contributed by atoms with E-state index in [2.05, 4.69) is 24.3 Å². The van der Waals surface area contributed by atoms with E-state index < -0.39 is 0 Å². The lowest BCUT2D eigenvalue weighted by Crippen LogP contribution is -2.28. The van der Waals surface area contributed by atoms with Crippen molar-refractivity contribution < 1.29 is 0 Å². The van der Waals surface area contributed by atoms with Gasteiger partial charge in [-0.3, -0.25) is 4.68 Å². The number of nitrogens with one attached hydrogen (secondary N) is 1. The molecule has 4 nitrogen and oxygen atoms in total. The predicted molar refractivity (Wildman–Crippen MR) is 69.1 cm³/mol. The van der Waals surface area contributed by atoms with Crippen molar-refractivity contribution in [3.63, 3.8) is 0 Å². The molecule has 1 heterocycles. The Balaban J connectivity index is 2.02. The van der Waals surface area contributed by atoms with Crippen LogP contribution in [-0.4, -0.2) is 27.4 Å². The summed E-state index contributed by atoms with van der Waals surface area (Å²) in [7, 11) is 2.01. The molecule has 0 radical (unpaired) electrons. The largest absolute Gasteiger partial charge is 0.314 e. The lowest BCUT2D eigenvalue weighted by atomic mass is 10.1. The summed E-state index contributed by atoms with van der Waals surface area (Å²) in [6.45, 7) is 5.35. The molecule has 0 aliphatic heterocycles. The van der Waals surface area contributed by atoms with E-state index in [4.69, 9.17) is 4.98 Å². The van der Waals surface area contributed by atoms with Crippen molar-refractivity contribution in [1.29, 1.82) is 0 Å². The summed E-state index contributed by atoms with van der Waals surface area (Å²) in [5, 5.41) is 8.00. The predicted octanol–water partition coefficient (Wildman–Crippen LogP) is 2.01. The van der Waals surface area contributed by atoms with Gasteiger partial charge in [0.2, 0.25) is 0 Å². The highest BCUT2D eigenvalue weighted by Crippen LogP contribution is 2.32. The van der Waals surface area contributed by atoms with Crippen LogP contribution in [-0.2, 0) is 13.5 Å². The molecule has 0 amide bonds. The maximum absolute atomic E-state index is 4.73. The molecule has 1 N–H and O–H groups in total. The van der Waals surface area contributed by atoms with Crippen molar-refractivity contribution in [3.05, 3.63) is 11.6 Å². The molecule has 4 heteroatoms. The molecule has 0 spiro atoms. The zero-order chi connectivity index (χ0) is 12.3. The first-order chi connectivity index (χ1) is 8.20. The molecule has 17 heavy (non-hydrogen) atoms. The fraction of sp³-hybridized carbons (Fsp3) is 0.846. The molecular formula is C13H24N4. The highest BCUT2D eigenvalue weighted by Gasteiger charge is 2.22. The van der Waals surface area contributed by atoms with Crippen molar-refractivity contribution in [3.8, 4) is 0 Å². The van der Waals surface area contributed by atoms with Gasteiger partial charge in [0, 0.05) is 25.4 Å². The number of hydrogen-bond acceptors (Lipinski definition) is 3. The second-order valence-electron chi connectivity index (χ2n) is 5.15. The monoisotopic (exact) mass is 236 g/mol. The second-order valence-corrected chi connectivity index (χ2v) is 5.15. The van der Waals surface area contributed by atoms with Gasteiger partial charge in [0.05, 0.1) is 0 Å². The molecule has 96 valence electrons. The van der Waals surface area contributed by atoms with E-state index >= 15 is 0 Å². The number of nitrogens with zero attached hydrogens (tertiary/aromatic N) is 3.